The SMILES string of the molecule is Cc1cc(C)cc(NC(=S)NC2C[C@H]3CC[C@@H](C2)N3Cc2ccccc2)c1. The van der Waals surface area contributed by atoms with E-state index in [2.05, 4.69) is 77.9 Å². The molecule has 0 aromatic heterocycles. The highest BCUT2D eigenvalue weighted by Crippen LogP contribution is 2.36. The maximum Gasteiger partial charge on any atom is 0.170 e. The normalized spacial score (nSPS) is 24.6. The smallest absolute Gasteiger partial charge is 0.170 e. The Morgan fingerprint density at radius 2 is 1.63 bits per heavy atom. The van der Waals surface area contributed by atoms with Crippen LogP contribution in [0.1, 0.15) is 42.4 Å². The topological polar surface area (TPSA) is 27.3 Å². The second-order valence-corrected chi connectivity index (χ2v) is 8.59. The molecule has 2 heterocycles. The Bertz CT molecular complexity index is 770. The molecule has 4 rings (SSSR count). The van der Waals surface area contributed by atoms with Gasteiger partial charge in [-0.3, -0.25) is 4.90 Å². The highest BCUT2D eigenvalue weighted by atomic mass is 32.1. The van der Waals surface area contributed by atoms with Crippen molar-refractivity contribution in [2.75, 3.05) is 5.32 Å². The minimum atomic E-state index is 0.473. The lowest BCUT2D eigenvalue weighted by molar-refractivity contribution is 0.115. The maximum absolute atomic E-state index is 5.60. The van der Waals surface area contributed by atoms with Crippen molar-refractivity contribution in [1.29, 1.82) is 0 Å². The van der Waals surface area contributed by atoms with Crippen molar-refractivity contribution in [3.05, 3.63) is 65.2 Å². The Balaban J connectivity index is 1.33. The lowest BCUT2D eigenvalue weighted by atomic mass is 9.96. The van der Waals surface area contributed by atoms with Crippen LogP contribution in [0.15, 0.2) is 48.5 Å². The summed E-state index contributed by atoms with van der Waals surface area (Å²) in [6.45, 7) is 5.32. The molecule has 27 heavy (non-hydrogen) atoms. The standard InChI is InChI=1S/C23H29N3S/c1-16-10-17(2)12-19(11-16)24-23(27)25-20-13-21-8-9-22(14-20)26(21)15-18-6-4-3-5-7-18/h3-7,10-12,20-22H,8-9,13-15H2,1-2H3,(H2,24,25,27)/t20?,21-,22+. The molecule has 2 aliphatic heterocycles. The van der Waals surface area contributed by atoms with E-state index in [1.165, 1.54) is 42.4 Å². The third-order valence-corrected chi connectivity index (χ3v) is 6.13. The zero-order valence-corrected chi connectivity index (χ0v) is 17.1. The van der Waals surface area contributed by atoms with Crippen LogP contribution in [0, 0.1) is 13.8 Å². The van der Waals surface area contributed by atoms with E-state index >= 15 is 0 Å². The third kappa shape index (κ3) is 4.50. The summed E-state index contributed by atoms with van der Waals surface area (Å²) in [5.74, 6) is 0. The van der Waals surface area contributed by atoms with E-state index in [4.69, 9.17) is 12.2 Å². The van der Waals surface area contributed by atoms with E-state index in [0.29, 0.717) is 18.1 Å². The molecule has 1 unspecified atom stereocenters. The Morgan fingerprint density at radius 3 is 2.26 bits per heavy atom. The van der Waals surface area contributed by atoms with Crippen LogP contribution >= 0.6 is 12.2 Å². The Morgan fingerprint density at radius 1 is 1.00 bits per heavy atom. The maximum atomic E-state index is 5.60. The number of benzene rings is 2. The summed E-state index contributed by atoms with van der Waals surface area (Å²) in [5.41, 5.74) is 5.02. The number of nitrogens with zero attached hydrogens (tertiary/aromatic N) is 1. The van der Waals surface area contributed by atoms with Crippen LogP contribution in [0.5, 0.6) is 0 Å². The number of hydrogen-bond acceptors (Lipinski definition) is 2. The molecule has 0 spiro atoms. The van der Waals surface area contributed by atoms with Crippen molar-refractivity contribution < 1.29 is 0 Å². The summed E-state index contributed by atoms with van der Waals surface area (Å²) in [5, 5.41) is 7.71. The van der Waals surface area contributed by atoms with Gasteiger partial charge in [-0.15, -0.1) is 0 Å². The molecule has 2 N–H and O–H groups in total. The average Bonchev–Trinajstić information content (AvgIpc) is 2.84. The second-order valence-electron chi connectivity index (χ2n) is 8.19. The number of aryl methyl sites for hydroxylation is 2. The molecular weight excluding hydrogens is 350 g/mol. The van der Waals surface area contributed by atoms with Gasteiger partial charge in [0.05, 0.1) is 0 Å². The molecule has 3 atom stereocenters. The average molecular weight is 380 g/mol. The van der Waals surface area contributed by atoms with E-state index in [1.807, 2.05) is 0 Å². The first-order valence-corrected chi connectivity index (χ1v) is 10.4. The van der Waals surface area contributed by atoms with Crippen LogP contribution in [0.2, 0.25) is 0 Å². The Hall–Kier alpha value is -1.91. The molecule has 0 amide bonds. The van der Waals surface area contributed by atoms with E-state index in [1.54, 1.807) is 0 Å². The zero-order valence-electron chi connectivity index (χ0n) is 16.2. The zero-order chi connectivity index (χ0) is 18.8. The van der Waals surface area contributed by atoms with E-state index < -0.39 is 0 Å². The van der Waals surface area contributed by atoms with Gasteiger partial charge >= 0.3 is 0 Å². The van der Waals surface area contributed by atoms with Crippen LogP contribution in [0.25, 0.3) is 0 Å². The van der Waals surface area contributed by atoms with Gasteiger partial charge in [0.25, 0.3) is 0 Å². The van der Waals surface area contributed by atoms with Gasteiger partial charge in [-0.05, 0) is 80.6 Å². The van der Waals surface area contributed by atoms with E-state index in [0.717, 1.165) is 17.3 Å². The van der Waals surface area contributed by atoms with Crippen LogP contribution < -0.4 is 10.6 Å². The molecule has 2 saturated heterocycles. The second kappa shape index (κ2) is 7.99. The lowest BCUT2D eigenvalue weighted by Crippen LogP contribution is -2.50. The lowest BCUT2D eigenvalue weighted by Gasteiger charge is -2.39. The van der Waals surface area contributed by atoms with Gasteiger partial charge in [-0.25, -0.2) is 0 Å². The van der Waals surface area contributed by atoms with Crippen molar-refractivity contribution in [2.24, 2.45) is 0 Å². The molecule has 4 heteroatoms. The number of nitrogens with one attached hydrogen (secondary N) is 2. The van der Waals surface area contributed by atoms with Gasteiger partial charge in [-0.2, -0.15) is 0 Å². The van der Waals surface area contributed by atoms with Crippen molar-refractivity contribution in [3.8, 4) is 0 Å². The summed E-state index contributed by atoms with van der Waals surface area (Å²) >= 11 is 5.60. The number of thiocarbonyl (C=S) groups is 1. The van der Waals surface area contributed by atoms with Gasteiger partial charge in [-0.1, -0.05) is 36.4 Å². The molecular formula is C23H29N3S. The fourth-order valence-corrected chi connectivity index (χ4v) is 5.13. The minimum absolute atomic E-state index is 0.473. The fraction of sp³-hybridized carbons (Fsp3) is 0.435. The Labute approximate surface area is 168 Å². The monoisotopic (exact) mass is 379 g/mol. The largest absolute Gasteiger partial charge is 0.360 e. The summed E-state index contributed by atoms with van der Waals surface area (Å²) < 4.78 is 0. The number of rotatable bonds is 4. The molecule has 0 aliphatic carbocycles. The molecule has 2 aromatic carbocycles. The first-order chi connectivity index (χ1) is 13.1. The summed E-state index contributed by atoms with van der Waals surface area (Å²) in [7, 11) is 0. The van der Waals surface area contributed by atoms with Gasteiger partial charge in [0.2, 0.25) is 0 Å². The van der Waals surface area contributed by atoms with Crippen LogP contribution in [-0.4, -0.2) is 28.1 Å². The van der Waals surface area contributed by atoms with Gasteiger partial charge in [0.15, 0.2) is 5.11 Å². The van der Waals surface area contributed by atoms with Gasteiger partial charge < -0.3 is 10.6 Å². The van der Waals surface area contributed by atoms with Crippen molar-refractivity contribution in [3.63, 3.8) is 0 Å². The molecule has 3 nitrogen and oxygen atoms in total. The van der Waals surface area contributed by atoms with Crippen LogP contribution in [0.4, 0.5) is 5.69 Å². The summed E-state index contributed by atoms with van der Waals surface area (Å²) in [6, 6.07) is 19.2. The first kappa shape index (κ1) is 18.5. The molecule has 2 bridgehead atoms. The molecule has 142 valence electrons. The number of piperidine rings is 1. The first-order valence-electron chi connectivity index (χ1n) is 10.0. The highest BCUT2D eigenvalue weighted by molar-refractivity contribution is 7.80. The predicted octanol–water partition coefficient (Wildman–Crippen LogP) is 4.79. The predicted molar refractivity (Wildman–Crippen MR) is 117 cm³/mol. The Kier molecular flexibility index (Phi) is 5.46. The molecule has 2 fully saturated rings. The van der Waals surface area contributed by atoms with E-state index in [9.17, 15) is 0 Å². The molecule has 0 radical (unpaired) electrons. The minimum Gasteiger partial charge on any atom is -0.360 e. The van der Waals surface area contributed by atoms with Crippen molar-refractivity contribution >= 4 is 23.0 Å². The quantitative estimate of drug-likeness (QED) is 0.747. The summed E-state index contributed by atoms with van der Waals surface area (Å²) in [4.78, 5) is 2.72. The van der Waals surface area contributed by atoms with Crippen molar-refractivity contribution in [2.45, 2.75) is 64.2 Å². The highest BCUT2D eigenvalue weighted by Gasteiger charge is 2.40. The van der Waals surface area contributed by atoms with Gasteiger partial charge in [0.1, 0.15) is 0 Å². The third-order valence-electron chi connectivity index (χ3n) is 5.91. The van der Waals surface area contributed by atoms with Gasteiger partial charge in [0, 0.05) is 30.4 Å². The van der Waals surface area contributed by atoms with Crippen molar-refractivity contribution in [1.82, 2.24) is 10.2 Å². The number of anilines is 1. The number of hydrogen-bond donors (Lipinski definition) is 2. The van der Waals surface area contributed by atoms with E-state index in [-0.39, 0.29) is 0 Å². The van der Waals surface area contributed by atoms with Crippen LogP contribution in [-0.2, 0) is 6.54 Å². The molecule has 2 aromatic rings. The fourth-order valence-electron chi connectivity index (χ4n) is 4.84. The molecule has 0 saturated carbocycles. The van der Waals surface area contributed by atoms with Crippen LogP contribution in [0.3, 0.4) is 0 Å². The summed E-state index contributed by atoms with van der Waals surface area (Å²) in [6.07, 6.45) is 4.98. The number of fused-ring (bicyclic) bond motifs is 2. The molecule has 2 aliphatic rings.